The highest BCUT2D eigenvalue weighted by Crippen LogP contribution is 2.65. The molecule has 4 rings (SSSR count). The Morgan fingerprint density at radius 2 is 1.72 bits per heavy atom. The average Bonchev–Trinajstić information content (AvgIpc) is 3.31. The topological polar surface area (TPSA) is 72.0 Å². The number of carbonyl (C=O) groups is 2. The standard InChI is InChI=1S/C22H14Cl5N3O2/c23-12-5-11(6-13(24)7-12)19-20(22(19,26)27)21(32)30-15-1-2-17(25)16(8-15)18(31)9-14-3-4-28-10-29-14/h1-8,10,19-20H,9H2,(H,30,32). The number of halogens is 5. The summed E-state index contributed by atoms with van der Waals surface area (Å²) in [5.41, 5.74) is 1.89. The second-order valence-corrected chi connectivity index (χ2v) is 10.0. The van der Waals surface area contributed by atoms with E-state index in [1.807, 2.05) is 0 Å². The van der Waals surface area contributed by atoms with Crippen molar-refractivity contribution in [2.24, 2.45) is 5.92 Å². The van der Waals surface area contributed by atoms with Crippen molar-refractivity contribution in [3.63, 3.8) is 0 Å². The molecule has 0 spiro atoms. The number of amides is 1. The summed E-state index contributed by atoms with van der Waals surface area (Å²) in [6, 6.07) is 11.2. The highest BCUT2D eigenvalue weighted by Gasteiger charge is 2.67. The summed E-state index contributed by atoms with van der Waals surface area (Å²) < 4.78 is -1.31. The first-order valence-electron chi connectivity index (χ1n) is 9.39. The van der Waals surface area contributed by atoms with Gasteiger partial charge in [-0.15, -0.1) is 23.2 Å². The van der Waals surface area contributed by atoms with Crippen LogP contribution in [-0.4, -0.2) is 26.0 Å². The van der Waals surface area contributed by atoms with E-state index in [2.05, 4.69) is 15.3 Å². The Labute approximate surface area is 209 Å². The predicted molar refractivity (Wildman–Crippen MR) is 127 cm³/mol. The van der Waals surface area contributed by atoms with Crippen LogP contribution in [0.2, 0.25) is 15.1 Å². The van der Waals surface area contributed by atoms with Gasteiger partial charge >= 0.3 is 0 Å². The Bertz CT molecular complexity index is 1180. The Morgan fingerprint density at radius 3 is 2.38 bits per heavy atom. The van der Waals surface area contributed by atoms with E-state index < -0.39 is 22.1 Å². The van der Waals surface area contributed by atoms with Crippen molar-refractivity contribution in [3.8, 4) is 0 Å². The third-order valence-electron chi connectivity index (χ3n) is 5.10. The highest BCUT2D eigenvalue weighted by molar-refractivity contribution is 6.53. The zero-order chi connectivity index (χ0) is 23.0. The molecule has 0 aliphatic heterocycles. The van der Waals surface area contributed by atoms with E-state index in [4.69, 9.17) is 58.0 Å². The number of nitrogens with one attached hydrogen (secondary N) is 1. The molecule has 0 bridgehead atoms. The van der Waals surface area contributed by atoms with Gasteiger partial charge in [-0.2, -0.15) is 0 Å². The molecule has 32 heavy (non-hydrogen) atoms. The number of hydrogen-bond acceptors (Lipinski definition) is 4. The lowest BCUT2D eigenvalue weighted by Crippen LogP contribution is -2.17. The van der Waals surface area contributed by atoms with Gasteiger partial charge in [0.05, 0.1) is 23.1 Å². The molecule has 1 heterocycles. The van der Waals surface area contributed by atoms with E-state index in [9.17, 15) is 9.59 Å². The number of ketones is 1. The van der Waals surface area contributed by atoms with Gasteiger partial charge in [0.15, 0.2) is 5.78 Å². The number of benzene rings is 2. The fourth-order valence-corrected chi connectivity index (χ4v) is 5.14. The van der Waals surface area contributed by atoms with Crippen LogP contribution in [0.25, 0.3) is 0 Å². The predicted octanol–water partition coefficient (Wildman–Crippen LogP) is 6.39. The number of hydrogen-bond donors (Lipinski definition) is 1. The van der Waals surface area contributed by atoms with Crippen molar-refractivity contribution in [1.82, 2.24) is 9.97 Å². The van der Waals surface area contributed by atoms with E-state index in [1.165, 1.54) is 12.4 Å². The number of anilines is 1. The van der Waals surface area contributed by atoms with Crippen molar-refractivity contribution >= 4 is 75.4 Å². The quantitative estimate of drug-likeness (QED) is 0.297. The Kier molecular flexibility index (Phi) is 6.66. The summed E-state index contributed by atoms with van der Waals surface area (Å²) in [6.45, 7) is 0. The van der Waals surface area contributed by atoms with E-state index in [0.29, 0.717) is 27.0 Å². The van der Waals surface area contributed by atoms with Crippen LogP contribution in [0.5, 0.6) is 0 Å². The van der Waals surface area contributed by atoms with E-state index in [1.54, 1.807) is 42.6 Å². The molecule has 1 amide bonds. The molecule has 2 aromatic carbocycles. The minimum absolute atomic E-state index is 0.0480. The van der Waals surface area contributed by atoms with Gasteiger partial charge in [0.25, 0.3) is 0 Å². The van der Waals surface area contributed by atoms with Gasteiger partial charge in [-0.1, -0.05) is 34.8 Å². The average molecular weight is 530 g/mol. The molecule has 10 heteroatoms. The lowest BCUT2D eigenvalue weighted by molar-refractivity contribution is -0.117. The van der Waals surface area contributed by atoms with Crippen molar-refractivity contribution in [2.75, 3.05) is 5.32 Å². The number of alkyl halides is 2. The minimum atomic E-state index is -1.31. The number of nitrogens with zero attached hydrogens (tertiary/aromatic N) is 2. The van der Waals surface area contributed by atoms with Crippen molar-refractivity contribution in [1.29, 1.82) is 0 Å². The fourth-order valence-electron chi connectivity index (χ4n) is 3.54. The number of rotatable bonds is 6. The first kappa shape index (κ1) is 23.3. The molecule has 0 saturated heterocycles. The molecule has 1 aromatic heterocycles. The van der Waals surface area contributed by atoms with Crippen molar-refractivity contribution < 1.29 is 9.59 Å². The zero-order valence-corrected chi connectivity index (χ0v) is 19.9. The minimum Gasteiger partial charge on any atom is -0.326 e. The van der Waals surface area contributed by atoms with Gasteiger partial charge in [0.1, 0.15) is 10.7 Å². The Balaban J connectivity index is 1.51. The van der Waals surface area contributed by atoms with Crippen LogP contribution in [0.1, 0.15) is 27.5 Å². The van der Waals surface area contributed by atoms with E-state index in [-0.39, 0.29) is 22.8 Å². The van der Waals surface area contributed by atoms with Crippen LogP contribution >= 0.6 is 58.0 Å². The molecule has 1 aliphatic carbocycles. The molecule has 164 valence electrons. The molecular formula is C22H14Cl5N3O2. The van der Waals surface area contributed by atoms with Crippen LogP contribution in [0, 0.1) is 5.92 Å². The third kappa shape index (κ3) is 4.87. The smallest absolute Gasteiger partial charge is 0.231 e. The van der Waals surface area contributed by atoms with Gasteiger partial charge in [-0.05, 0) is 48.0 Å². The molecule has 0 radical (unpaired) electrons. The summed E-state index contributed by atoms with van der Waals surface area (Å²) in [5.74, 6) is -1.84. The van der Waals surface area contributed by atoms with Crippen LogP contribution in [0.4, 0.5) is 5.69 Å². The maximum Gasteiger partial charge on any atom is 0.231 e. The van der Waals surface area contributed by atoms with Gasteiger partial charge in [0.2, 0.25) is 5.91 Å². The SMILES string of the molecule is O=C(Cc1ccncn1)c1cc(NC(=O)C2C(c3cc(Cl)cc(Cl)c3)C2(Cl)Cl)ccc1Cl. The van der Waals surface area contributed by atoms with Crippen molar-refractivity contribution in [3.05, 3.63) is 86.9 Å². The highest BCUT2D eigenvalue weighted by atomic mass is 35.5. The van der Waals surface area contributed by atoms with Gasteiger partial charge in [-0.3, -0.25) is 9.59 Å². The lowest BCUT2D eigenvalue weighted by Gasteiger charge is -2.09. The molecule has 5 nitrogen and oxygen atoms in total. The second kappa shape index (κ2) is 9.16. The summed E-state index contributed by atoms with van der Waals surface area (Å²) in [7, 11) is 0. The van der Waals surface area contributed by atoms with Crippen LogP contribution < -0.4 is 5.32 Å². The van der Waals surface area contributed by atoms with Crippen LogP contribution in [0.3, 0.4) is 0 Å². The number of Topliss-reactive ketones (excluding diaryl/α,β-unsaturated/α-hetero) is 1. The van der Waals surface area contributed by atoms with Gasteiger partial charge in [0, 0.05) is 33.4 Å². The first-order chi connectivity index (χ1) is 15.2. The van der Waals surface area contributed by atoms with E-state index >= 15 is 0 Å². The zero-order valence-electron chi connectivity index (χ0n) is 16.2. The summed E-state index contributed by atoms with van der Waals surface area (Å²) in [6.07, 6.45) is 2.97. The van der Waals surface area contributed by atoms with Gasteiger partial charge < -0.3 is 5.32 Å². The van der Waals surface area contributed by atoms with Crippen LogP contribution in [0.15, 0.2) is 55.0 Å². The number of carbonyl (C=O) groups excluding carboxylic acids is 2. The summed E-state index contributed by atoms with van der Waals surface area (Å²) in [4.78, 5) is 33.5. The number of aromatic nitrogens is 2. The van der Waals surface area contributed by atoms with E-state index in [0.717, 1.165) is 0 Å². The molecule has 2 unspecified atom stereocenters. The molecule has 1 aliphatic rings. The summed E-state index contributed by atoms with van der Waals surface area (Å²) >= 11 is 31.2. The second-order valence-electron chi connectivity index (χ2n) is 7.32. The lowest BCUT2D eigenvalue weighted by atomic mass is 10.1. The summed E-state index contributed by atoms with van der Waals surface area (Å²) in [5, 5.41) is 3.88. The third-order valence-corrected chi connectivity index (χ3v) is 6.81. The molecule has 3 aromatic rings. The molecule has 1 saturated carbocycles. The molecule has 1 N–H and O–H groups in total. The van der Waals surface area contributed by atoms with Crippen LogP contribution in [-0.2, 0) is 11.2 Å². The normalized spacial score (nSPS) is 18.8. The fraction of sp³-hybridized carbons (Fsp3) is 0.182. The first-order valence-corrected chi connectivity index (χ1v) is 11.3. The largest absolute Gasteiger partial charge is 0.326 e. The Hall–Kier alpha value is -1.89. The Morgan fingerprint density at radius 1 is 1.00 bits per heavy atom. The molecule has 1 fully saturated rings. The monoisotopic (exact) mass is 527 g/mol. The van der Waals surface area contributed by atoms with Gasteiger partial charge in [-0.25, -0.2) is 9.97 Å². The maximum atomic E-state index is 12.9. The van der Waals surface area contributed by atoms with Crippen molar-refractivity contribution in [2.45, 2.75) is 16.7 Å². The molecular weight excluding hydrogens is 516 g/mol. The maximum absolute atomic E-state index is 12.9. The molecule has 2 atom stereocenters.